The van der Waals surface area contributed by atoms with Crippen LogP contribution < -0.4 is 16.4 Å². The predicted octanol–water partition coefficient (Wildman–Crippen LogP) is 3.93. The molecule has 0 aromatic heterocycles. The Morgan fingerprint density at radius 1 is 0.735 bits per heavy atom. The fourth-order valence-electron chi connectivity index (χ4n) is 4.49. The summed E-state index contributed by atoms with van der Waals surface area (Å²) in [6.07, 6.45) is 4.48. The van der Waals surface area contributed by atoms with E-state index in [4.69, 9.17) is 28.2 Å². The minimum atomic E-state index is -0.605. The molecule has 6 N–H and O–H groups in total. The third kappa shape index (κ3) is 6.64. The lowest BCUT2D eigenvalue weighted by Gasteiger charge is -2.39. The molecule has 0 bridgehead atoms. The van der Waals surface area contributed by atoms with Crippen molar-refractivity contribution in [2.45, 2.75) is 43.3 Å². The number of nitrogens with two attached hydrogens (primary N) is 1. The van der Waals surface area contributed by atoms with E-state index in [1.165, 1.54) is 12.8 Å². The second-order valence-electron chi connectivity index (χ2n) is 8.00. The van der Waals surface area contributed by atoms with Crippen molar-refractivity contribution >= 4 is 17.3 Å². The molecule has 5 nitrogen and oxygen atoms in total. The first kappa shape index (κ1) is 27.5. The van der Waals surface area contributed by atoms with Gasteiger partial charge in [-0.15, -0.1) is 0 Å². The number of rotatable bonds is 5. The molecule has 0 amide bonds. The molecule has 0 unspecified atom stereocenters. The summed E-state index contributed by atoms with van der Waals surface area (Å²) < 4.78 is 0. The molecule has 1 fully saturated rings. The van der Waals surface area contributed by atoms with Crippen LogP contribution in [0.1, 0.15) is 42.4 Å². The van der Waals surface area contributed by atoms with Crippen molar-refractivity contribution in [2.75, 3.05) is 14.2 Å². The number of aliphatic hydroxyl groups excluding tert-OH is 2. The van der Waals surface area contributed by atoms with Crippen LogP contribution in [0, 0.1) is 0 Å². The summed E-state index contributed by atoms with van der Waals surface area (Å²) in [6, 6.07) is 31.9. The molecule has 0 radical (unpaired) electrons. The van der Waals surface area contributed by atoms with Crippen molar-refractivity contribution < 1.29 is 10.2 Å². The van der Waals surface area contributed by atoms with Gasteiger partial charge < -0.3 is 26.6 Å². The summed E-state index contributed by atoms with van der Waals surface area (Å²) in [5.74, 6) is 0. The molecule has 3 aromatic rings. The molecule has 1 aliphatic carbocycles. The Morgan fingerprint density at radius 2 is 1.12 bits per heavy atom. The minimum Gasteiger partial charge on any atom is -0.400 e. The highest BCUT2D eigenvalue weighted by Gasteiger charge is 2.37. The SMILES string of the molecule is CO.CO.N[C@@H]1CCCC[C@H]1NC(=S)NC(c1ccccc1)(c1ccccc1)c1ccccc1. The van der Waals surface area contributed by atoms with Crippen LogP contribution in [0.15, 0.2) is 91.0 Å². The van der Waals surface area contributed by atoms with Crippen LogP contribution >= 0.6 is 12.2 Å². The highest BCUT2D eigenvalue weighted by molar-refractivity contribution is 7.80. The molecule has 1 saturated carbocycles. The van der Waals surface area contributed by atoms with E-state index in [1.54, 1.807) is 0 Å². The van der Waals surface area contributed by atoms with Gasteiger partial charge in [0.25, 0.3) is 0 Å². The standard InChI is InChI=1S/C26H29N3S.2CH4O/c27-23-18-10-11-19-24(23)28-25(30)29-26(20-12-4-1-5-13-20,21-14-6-2-7-15-21)22-16-8-3-9-17-22;2*1-2/h1-9,12-17,23-24H,10-11,18-19,27H2,(H2,28,29,30);2*2H,1H3/t23-,24-;;/m1../s1. The number of thiocarbonyl (C=S) groups is 1. The highest BCUT2D eigenvalue weighted by atomic mass is 32.1. The molecular formula is C28H37N3O2S. The molecule has 34 heavy (non-hydrogen) atoms. The molecule has 3 aromatic carbocycles. The van der Waals surface area contributed by atoms with E-state index < -0.39 is 5.54 Å². The lowest BCUT2D eigenvalue weighted by Crippen LogP contribution is -2.57. The summed E-state index contributed by atoms with van der Waals surface area (Å²) in [5, 5.41) is 21.9. The molecule has 2 atom stereocenters. The Labute approximate surface area is 209 Å². The lowest BCUT2D eigenvalue weighted by atomic mass is 9.77. The molecule has 0 heterocycles. The quantitative estimate of drug-likeness (QED) is 0.281. The van der Waals surface area contributed by atoms with Crippen LogP contribution in [-0.2, 0) is 5.54 Å². The second kappa shape index (κ2) is 14.5. The lowest BCUT2D eigenvalue weighted by molar-refractivity contribution is 0.357. The van der Waals surface area contributed by atoms with Crippen LogP contribution in [-0.4, -0.2) is 41.6 Å². The Kier molecular flexibility index (Phi) is 11.7. The fourth-order valence-corrected chi connectivity index (χ4v) is 4.80. The van der Waals surface area contributed by atoms with E-state index >= 15 is 0 Å². The van der Waals surface area contributed by atoms with Gasteiger partial charge in [0.2, 0.25) is 0 Å². The average molecular weight is 480 g/mol. The van der Waals surface area contributed by atoms with E-state index in [2.05, 4.69) is 83.4 Å². The van der Waals surface area contributed by atoms with Gasteiger partial charge >= 0.3 is 0 Å². The predicted molar refractivity (Wildman–Crippen MR) is 145 cm³/mol. The van der Waals surface area contributed by atoms with Gasteiger partial charge in [-0.2, -0.15) is 0 Å². The number of hydrogen-bond donors (Lipinski definition) is 5. The third-order valence-corrected chi connectivity index (χ3v) is 6.28. The average Bonchev–Trinajstić information content (AvgIpc) is 2.92. The fraction of sp³-hybridized carbons (Fsp3) is 0.321. The van der Waals surface area contributed by atoms with Crippen molar-refractivity contribution in [3.05, 3.63) is 108 Å². The molecule has 6 heteroatoms. The Balaban J connectivity index is 0.000000970. The van der Waals surface area contributed by atoms with Crippen LogP contribution in [0.5, 0.6) is 0 Å². The van der Waals surface area contributed by atoms with Gasteiger partial charge in [0.05, 0.1) is 0 Å². The van der Waals surface area contributed by atoms with Crippen molar-refractivity contribution in [2.24, 2.45) is 5.73 Å². The van der Waals surface area contributed by atoms with Gasteiger partial charge in [-0.25, -0.2) is 0 Å². The summed E-state index contributed by atoms with van der Waals surface area (Å²) in [5.41, 5.74) is 9.19. The molecular weight excluding hydrogens is 442 g/mol. The molecule has 0 spiro atoms. The van der Waals surface area contributed by atoms with Crippen LogP contribution in [0.2, 0.25) is 0 Å². The summed E-state index contributed by atoms with van der Waals surface area (Å²) >= 11 is 5.86. The molecule has 0 saturated heterocycles. The Bertz CT molecular complexity index is 858. The Morgan fingerprint density at radius 3 is 1.50 bits per heavy atom. The number of benzene rings is 3. The van der Waals surface area contributed by atoms with Crippen LogP contribution in [0.3, 0.4) is 0 Å². The summed E-state index contributed by atoms with van der Waals surface area (Å²) in [6.45, 7) is 0. The van der Waals surface area contributed by atoms with E-state index in [9.17, 15) is 0 Å². The van der Waals surface area contributed by atoms with Crippen LogP contribution in [0.25, 0.3) is 0 Å². The van der Waals surface area contributed by atoms with Gasteiger partial charge in [-0.1, -0.05) is 104 Å². The zero-order valence-electron chi connectivity index (χ0n) is 20.0. The van der Waals surface area contributed by atoms with Gasteiger partial charge in [0, 0.05) is 26.3 Å². The number of nitrogens with one attached hydrogen (secondary N) is 2. The number of hydrogen-bond acceptors (Lipinski definition) is 4. The van der Waals surface area contributed by atoms with E-state index in [-0.39, 0.29) is 12.1 Å². The largest absolute Gasteiger partial charge is 0.400 e. The first-order chi connectivity index (χ1) is 16.7. The topological polar surface area (TPSA) is 90.5 Å². The molecule has 1 aliphatic rings. The molecule has 4 rings (SSSR count). The first-order valence-electron chi connectivity index (χ1n) is 11.6. The van der Waals surface area contributed by atoms with Gasteiger partial charge in [-0.05, 0) is 41.7 Å². The summed E-state index contributed by atoms with van der Waals surface area (Å²) in [4.78, 5) is 0. The van der Waals surface area contributed by atoms with Crippen molar-refractivity contribution in [3.63, 3.8) is 0 Å². The summed E-state index contributed by atoms with van der Waals surface area (Å²) in [7, 11) is 2.00. The van der Waals surface area contributed by atoms with Gasteiger partial charge in [0.15, 0.2) is 5.11 Å². The zero-order valence-corrected chi connectivity index (χ0v) is 20.8. The maximum atomic E-state index is 7.00. The van der Waals surface area contributed by atoms with E-state index in [0.717, 1.165) is 43.8 Å². The molecule has 0 aliphatic heterocycles. The smallest absolute Gasteiger partial charge is 0.167 e. The minimum absolute atomic E-state index is 0.137. The van der Waals surface area contributed by atoms with Crippen molar-refractivity contribution in [3.8, 4) is 0 Å². The van der Waals surface area contributed by atoms with E-state index in [1.807, 2.05) is 18.2 Å². The third-order valence-electron chi connectivity index (χ3n) is 6.06. The van der Waals surface area contributed by atoms with Crippen molar-refractivity contribution in [1.29, 1.82) is 0 Å². The highest BCUT2D eigenvalue weighted by Crippen LogP contribution is 2.36. The Hall–Kier alpha value is -2.77. The normalized spacial score (nSPS) is 17.2. The second-order valence-corrected chi connectivity index (χ2v) is 8.41. The number of aliphatic hydroxyl groups is 2. The maximum absolute atomic E-state index is 7.00. The molecule has 182 valence electrons. The monoisotopic (exact) mass is 479 g/mol. The van der Waals surface area contributed by atoms with Gasteiger partial charge in [-0.3, -0.25) is 0 Å². The maximum Gasteiger partial charge on any atom is 0.167 e. The van der Waals surface area contributed by atoms with Crippen LogP contribution in [0.4, 0.5) is 0 Å². The van der Waals surface area contributed by atoms with E-state index in [0.29, 0.717) is 5.11 Å². The zero-order chi connectivity index (χ0) is 24.8. The first-order valence-corrected chi connectivity index (χ1v) is 12.0. The van der Waals surface area contributed by atoms with Gasteiger partial charge in [0.1, 0.15) is 5.54 Å². The van der Waals surface area contributed by atoms with Crippen molar-refractivity contribution in [1.82, 2.24) is 10.6 Å².